The van der Waals surface area contributed by atoms with Crippen LogP contribution in [0.1, 0.15) is 57.7 Å². The molecule has 0 unspecified atom stereocenters. The second-order valence-corrected chi connectivity index (χ2v) is 9.46. The lowest BCUT2D eigenvalue weighted by atomic mass is 9.97. The van der Waals surface area contributed by atoms with Crippen molar-refractivity contribution in [2.45, 2.75) is 71.6 Å². The number of carbonyl (C=O) groups is 2. The summed E-state index contributed by atoms with van der Waals surface area (Å²) in [4.78, 5) is 24.3. The molecule has 0 aliphatic rings. The van der Waals surface area contributed by atoms with Crippen LogP contribution in [0.4, 0.5) is 4.79 Å². The van der Waals surface area contributed by atoms with E-state index in [0.717, 1.165) is 16.7 Å². The van der Waals surface area contributed by atoms with Crippen molar-refractivity contribution in [1.82, 2.24) is 10.6 Å². The molecule has 0 aliphatic heterocycles. The van der Waals surface area contributed by atoms with Gasteiger partial charge < -0.3 is 20.5 Å². The average Bonchev–Trinajstić information content (AvgIpc) is 2.63. The maximum absolute atomic E-state index is 12.2. The largest absolute Gasteiger partial charge is 0.508 e. The number of aromatic hydroxyl groups is 1. The van der Waals surface area contributed by atoms with Crippen molar-refractivity contribution in [3.8, 4) is 5.75 Å². The zero-order valence-corrected chi connectivity index (χ0v) is 19.1. The SMILES string of the molecule is CC(C)(C)NC(=O)OC(C)(C)Cc1cccc(CNC(=O)CCc2ccc(O)cc2)c1. The summed E-state index contributed by atoms with van der Waals surface area (Å²) in [5, 5.41) is 15.1. The number of aryl methyl sites for hydroxylation is 1. The second-order valence-electron chi connectivity index (χ2n) is 9.46. The normalized spacial score (nSPS) is 11.6. The fourth-order valence-corrected chi connectivity index (χ4v) is 3.17. The molecule has 2 amide bonds. The third kappa shape index (κ3) is 9.55. The summed E-state index contributed by atoms with van der Waals surface area (Å²) in [7, 11) is 0. The summed E-state index contributed by atoms with van der Waals surface area (Å²) in [6, 6.07) is 14.8. The van der Waals surface area contributed by atoms with E-state index >= 15 is 0 Å². The maximum atomic E-state index is 12.2. The molecule has 2 aromatic rings. The van der Waals surface area contributed by atoms with Crippen LogP contribution in [0.2, 0.25) is 0 Å². The lowest BCUT2D eigenvalue weighted by Gasteiger charge is -2.28. The van der Waals surface area contributed by atoms with Crippen molar-refractivity contribution in [1.29, 1.82) is 0 Å². The lowest BCUT2D eigenvalue weighted by molar-refractivity contribution is -0.121. The number of benzene rings is 2. The molecule has 0 saturated heterocycles. The van der Waals surface area contributed by atoms with Gasteiger partial charge in [0, 0.05) is 24.9 Å². The minimum atomic E-state index is -0.665. The van der Waals surface area contributed by atoms with Crippen molar-refractivity contribution in [2.75, 3.05) is 0 Å². The molecule has 31 heavy (non-hydrogen) atoms. The number of rotatable bonds is 8. The molecule has 168 valence electrons. The van der Waals surface area contributed by atoms with E-state index in [4.69, 9.17) is 4.74 Å². The third-order valence-electron chi connectivity index (χ3n) is 4.53. The van der Waals surface area contributed by atoms with Gasteiger partial charge in [0.05, 0.1) is 0 Å². The van der Waals surface area contributed by atoms with Crippen molar-refractivity contribution in [2.24, 2.45) is 0 Å². The van der Waals surface area contributed by atoms with Gasteiger partial charge in [0.1, 0.15) is 11.4 Å². The molecule has 0 spiro atoms. The van der Waals surface area contributed by atoms with Crippen LogP contribution in [0.25, 0.3) is 0 Å². The van der Waals surface area contributed by atoms with E-state index in [2.05, 4.69) is 10.6 Å². The van der Waals surface area contributed by atoms with Crippen molar-refractivity contribution >= 4 is 12.0 Å². The number of hydrogen-bond donors (Lipinski definition) is 3. The highest BCUT2D eigenvalue weighted by atomic mass is 16.6. The van der Waals surface area contributed by atoms with Crippen molar-refractivity contribution in [3.05, 3.63) is 65.2 Å². The molecule has 0 atom stereocenters. The summed E-state index contributed by atoms with van der Waals surface area (Å²) in [5.41, 5.74) is 2.01. The summed E-state index contributed by atoms with van der Waals surface area (Å²) in [6.07, 6.45) is 1.13. The third-order valence-corrected chi connectivity index (χ3v) is 4.53. The van der Waals surface area contributed by atoms with Gasteiger partial charge in [0.2, 0.25) is 5.91 Å². The Balaban J connectivity index is 1.84. The molecule has 2 aromatic carbocycles. The molecule has 0 bridgehead atoms. The first-order valence-corrected chi connectivity index (χ1v) is 10.6. The minimum absolute atomic E-state index is 0.0269. The highest BCUT2D eigenvalue weighted by molar-refractivity contribution is 5.76. The lowest BCUT2D eigenvalue weighted by Crippen LogP contribution is -2.44. The molecule has 0 radical (unpaired) electrons. The Hall–Kier alpha value is -3.02. The van der Waals surface area contributed by atoms with Gasteiger partial charge in [-0.15, -0.1) is 0 Å². The van der Waals surface area contributed by atoms with E-state index in [1.807, 2.05) is 71.0 Å². The smallest absolute Gasteiger partial charge is 0.408 e. The molecule has 0 heterocycles. The van der Waals surface area contributed by atoms with Gasteiger partial charge in [0.15, 0.2) is 0 Å². The number of phenolic OH excluding ortho intramolecular Hbond substituents is 1. The Morgan fingerprint density at radius 3 is 2.23 bits per heavy atom. The van der Waals surface area contributed by atoms with E-state index in [0.29, 0.717) is 25.8 Å². The van der Waals surface area contributed by atoms with Crippen LogP contribution in [0, 0.1) is 0 Å². The molecule has 0 saturated carbocycles. The molecule has 2 rings (SSSR count). The molecule has 6 nitrogen and oxygen atoms in total. The van der Waals surface area contributed by atoms with E-state index in [1.165, 1.54) is 0 Å². The zero-order valence-electron chi connectivity index (χ0n) is 19.1. The highest BCUT2D eigenvalue weighted by Gasteiger charge is 2.25. The summed E-state index contributed by atoms with van der Waals surface area (Å²) in [5.74, 6) is 0.192. The first-order chi connectivity index (χ1) is 14.4. The van der Waals surface area contributed by atoms with Crippen LogP contribution in [-0.2, 0) is 28.9 Å². The number of nitrogens with one attached hydrogen (secondary N) is 2. The van der Waals surface area contributed by atoms with Gasteiger partial charge in [-0.3, -0.25) is 4.79 Å². The maximum Gasteiger partial charge on any atom is 0.408 e. The molecule has 3 N–H and O–H groups in total. The van der Waals surface area contributed by atoms with Crippen LogP contribution in [-0.4, -0.2) is 28.2 Å². The quantitative estimate of drug-likeness (QED) is 0.580. The summed E-state index contributed by atoms with van der Waals surface area (Å²) in [6.45, 7) is 9.92. The summed E-state index contributed by atoms with van der Waals surface area (Å²) >= 11 is 0. The number of alkyl carbamates (subject to hydrolysis) is 1. The number of amides is 2. The predicted molar refractivity (Wildman–Crippen MR) is 122 cm³/mol. The number of ether oxygens (including phenoxy) is 1. The fraction of sp³-hybridized carbons (Fsp3) is 0.440. The number of carbonyl (C=O) groups excluding carboxylic acids is 2. The van der Waals surface area contributed by atoms with Gasteiger partial charge in [-0.2, -0.15) is 0 Å². The standard InChI is InChI=1S/C25H34N2O4/c1-24(2,3)27-23(30)31-25(4,5)16-19-7-6-8-20(15-19)17-26-22(29)14-11-18-9-12-21(28)13-10-18/h6-10,12-13,15,28H,11,14,16-17H2,1-5H3,(H,26,29)(H,27,30). The minimum Gasteiger partial charge on any atom is -0.508 e. The first-order valence-electron chi connectivity index (χ1n) is 10.6. The Bertz CT molecular complexity index is 883. The Morgan fingerprint density at radius 2 is 1.58 bits per heavy atom. The Labute approximate surface area is 185 Å². The molecular weight excluding hydrogens is 392 g/mol. The van der Waals surface area contributed by atoms with Crippen molar-refractivity contribution < 1.29 is 19.4 Å². The van der Waals surface area contributed by atoms with Crippen molar-refractivity contribution in [3.63, 3.8) is 0 Å². The predicted octanol–water partition coefficient (Wildman–Crippen LogP) is 4.49. The Morgan fingerprint density at radius 1 is 0.935 bits per heavy atom. The van der Waals surface area contributed by atoms with Crippen LogP contribution in [0.3, 0.4) is 0 Å². The Kier molecular flexibility index (Phi) is 8.08. The molecular formula is C25H34N2O4. The highest BCUT2D eigenvalue weighted by Crippen LogP contribution is 2.19. The van der Waals surface area contributed by atoms with Crippen LogP contribution in [0.15, 0.2) is 48.5 Å². The monoisotopic (exact) mass is 426 g/mol. The molecule has 0 aromatic heterocycles. The zero-order chi connectivity index (χ0) is 23.1. The van der Waals surface area contributed by atoms with E-state index in [9.17, 15) is 14.7 Å². The van der Waals surface area contributed by atoms with E-state index in [1.54, 1.807) is 12.1 Å². The summed E-state index contributed by atoms with van der Waals surface area (Å²) < 4.78 is 5.60. The van der Waals surface area contributed by atoms with Gasteiger partial charge in [-0.25, -0.2) is 4.79 Å². The van der Waals surface area contributed by atoms with Gasteiger partial charge in [-0.05, 0) is 69.9 Å². The average molecular weight is 427 g/mol. The molecule has 6 heteroatoms. The fourth-order valence-electron chi connectivity index (χ4n) is 3.17. The first kappa shape index (κ1) is 24.3. The van der Waals surface area contributed by atoms with Crippen LogP contribution >= 0.6 is 0 Å². The number of hydrogen-bond acceptors (Lipinski definition) is 4. The van der Waals surface area contributed by atoms with Gasteiger partial charge in [0.25, 0.3) is 0 Å². The van der Waals surface area contributed by atoms with E-state index in [-0.39, 0.29) is 17.2 Å². The number of phenols is 1. The van der Waals surface area contributed by atoms with Gasteiger partial charge in [-0.1, -0.05) is 36.4 Å². The van der Waals surface area contributed by atoms with Crippen LogP contribution in [0.5, 0.6) is 5.75 Å². The second kappa shape index (κ2) is 10.3. The molecule has 0 aliphatic carbocycles. The van der Waals surface area contributed by atoms with E-state index < -0.39 is 11.7 Å². The van der Waals surface area contributed by atoms with Crippen LogP contribution < -0.4 is 10.6 Å². The van der Waals surface area contributed by atoms with Gasteiger partial charge >= 0.3 is 6.09 Å². The molecule has 0 fully saturated rings. The topological polar surface area (TPSA) is 87.7 Å².